The molecule has 0 saturated carbocycles. The van der Waals surface area contributed by atoms with Gasteiger partial charge in [-0.2, -0.15) is 0 Å². The van der Waals surface area contributed by atoms with Crippen molar-refractivity contribution in [1.82, 2.24) is 10.2 Å². The Hall–Kier alpha value is -1.70. The van der Waals surface area contributed by atoms with Crippen LogP contribution in [0, 0.1) is 0 Å². The molecule has 2 amide bonds. The van der Waals surface area contributed by atoms with Gasteiger partial charge < -0.3 is 16.4 Å². The lowest BCUT2D eigenvalue weighted by molar-refractivity contribution is -0.122. The molecule has 27 heavy (non-hydrogen) atoms. The van der Waals surface area contributed by atoms with E-state index in [1.54, 1.807) is 23.1 Å². The van der Waals surface area contributed by atoms with Crippen molar-refractivity contribution in [3.63, 3.8) is 0 Å². The smallest absolute Gasteiger partial charge is 0.236 e. The molecule has 3 atom stereocenters. The van der Waals surface area contributed by atoms with E-state index in [9.17, 15) is 14.0 Å². The SMILES string of the molecule is [2H]C([2H])([2H])N[C@H](CN1C[C@]2(C[C@H]1C(N)=O)C(=O)Nc1ccc(Cl)cc12)CC(C)(C)F. The van der Waals surface area contributed by atoms with E-state index in [0.29, 0.717) is 16.3 Å². The van der Waals surface area contributed by atoms with E-state index >= 15 is 0 Å². The average molecular weight is 400 g/mol. The summed E-state index contributed by atoms with van der Waals surface area (Å²) in [5.74, 6) is -0.887. The Balaban J connectivity index is 1.92. The van der Waals surface area contributed by atoms with Crippen molar-refractivity contribution in [2.75, 3.05) is 25.4 Å². The van der Waals surface area contributed by atoms with Gasteiger partial charge in [0, 0.05) is 34.0 Å². The standard InChI is InChI=1S/C19H26ClFN4O2/c1-18(2,21)7-12(23-3)9-25-10-19(8-15(25)16(22)26)13-6-11(20)4-5-14(13)24-17(19)27/h4-6,12,15,23H,7-10H2,1-3H3,(H2,22,26)(H,24,27)/t12-,15-,19-/m0/s1/i3D3. The fourth-order valence-electron chi connectivity index (χ4n) is 4.23. The quantitative estimate of drug-likeness (QED) is 0.680. The third-order valence-electron chi connectivity index (χ3n) is 5.35. The van der Waals surface area contributed by atoms with Crippen LogP contribution in [0.25, 0.3) is 0 Å². The number of hydrogen-bond acceptors (Lipinski definition) is 4. The van der Waals surface area contributed by atoms with Crippen LogP contribution >= 0.6 is 11.6 Å². The summed E-state index contributed by atoms with van der Waals surface area (Å²) >= 11 is 6.14. The number of fused-ring (bicyclic) bond motifs is 2. The van der Waals surface area contributed by atoms with E-state index in [1.807, 2.05) is 0 Å². The molecule has 3 rings (SSSR count). The summed E-state index contributed by atoms with van der Waals surface area (Å²) in [4.78, 5) is 26.8. The van der Waals surface area contributed by atoms with Crippen molar-refractivity contribution in [1.29, 1.82) is 0 Å². The lowest BCUT2D eigenvalue weighted by Crippen LogP contribution is -2.48. The number of halogens is 2. The number of benzene rings is 1. The topological polar surface area (TPSA) is 87.5 Å². The highest BCUT2D eigenvalue weighted by Crippen LogP contribution is 2.47. The van der Waals surface area contributed by atoms with E-state index < -0.39 is 36.1 Å². The molecule has 6 nitrogen and oxygen atoms in total. The second-order valence-electron chi connectivity index (χ2n) is 8.04. The molecule has 0 bridgehead atoms. The van der Waals surface area contributed by atoms with Crippen molar-refractivity contribution >= 4 is 29.1 Å². The van der Waals surface area contributed by atoms with Crippen LogP contribution in [0.2, 0.25) is 5.02 Å². The maximum atomic E-state index is 14.3. The number of rotatable bonds is 6. The molecule has 1 fully saturated rings. The minimum atomic E-state index is -2.49. The van der Waals surface area contributed by atoms with E-state index in [1.165, 1.54) is 13.8 Å². The van der Waals surface area contributed by atoms with Crippen LogP contribution < -0.4 is 16.4 Å². The molecule has 2 heterocycles. The highest BCUT2D eigenvalue weighted by Gasteiger charge is 2.56. The molecule has 0 radical (unpaired) electrons. The van der Waals surface area contributed by atoms with E-state index in [4.69, 9.17) is 21.4 Å². The Morgan fingerprint density at radius 3 is 3.00 bits per heavy atom. The first kappa shape index (κ1) is 16.3. The summed E-state index contributed by atoms with van der Waals surface area (Å²) < 4.78 is 36.8. The number of primary amides is 1. The Labute approximate surface area is 167 Å². The minimum absolute atomic E-state index is 0.0459. The number of likely N-dealkylation sites (tertiary alicyclic amines) is 1. The number of anilines is 1. The monoisotopic (exact) mass is 399 g/mol. The van der Waals surface area contributed by atoms with Gasteiger partial charge in [-0.05, 0) is 57.4 Å². The van der Waals surface area contributed by atoms with Gasteiger partial charge in [-0.3, -0.25) is 14.5 Å². The highest BCUT2D eigenvalue weighted by molar-refractivity contribution is 6.31. The average Bonchev–Trinajstić information content (AvgIpc) is 3.05. The third-order valence-corrected chi connectivity index (χ3v) is 5.59. The molecule has 1 spiro atoms. The third kappa shape index (κ3) is 3.81. The molecule has 0 aromatic heterocycles. The van der Waals surface area contributed by atoms with Crippen LogP contribution in [0.3, 0.4) is 0 Å². The zero-order chi connectivity index (χ0) is 22.5. The number of nitrogens with two attached hydrogens (primary N) is 1. The second kappa shape index (κ2) is 7.04. The molecule has 0 unspecified atom stereocenters. The second-order valence-corrected chi connectivity index (χ2v) is 8.48. The van der Waals surface area contributed by atoms with E-state index in [2.05, 4.69) is 10.6 Å². The van der Waals surface area contributed by atoms with Crippen molar-refractivity contribution in [3.05, 3.63) is 28.8 Å². The van der Waals surface area contributed by atoms with Crippen molar-refractivity contribution < 1.29 is 18.1 Å². The van der Waals surface area contributed by atoms with Crippen LogP contribution in [0.5, 0.6) is 0 Å². The normalized spacial score (nSPS) is 28.4. The molecule has 0 aliphatic carbocycles. The van der Waals surface area contributed by atoms with Gasteiger partial charge in [0.05, 0.1) is 11.5 Å². The largest absolute Gasteiger partial charge is 0.368 e. The first-order valence-corrected chi connectivity index (χ1v) is 9.19. The summed E-state index contributed by atoms with van der Waals surface area (Å²) in [6.45, 7) is 0.429. The van der Waals surface area contributed by atoms with Gasteiger partial charge >= 0.3 is 0 Å². The van der Waals surface area contributed by atoms with E-state index in [0.717, 1.165) is 0 Å². The zero-order valence-corrected chi connectivity index (χ0v) is 16.1. The number of amides is 2. The zero-order valence-electron chi connectivity index (χ0n) is 18.3. The molecule has 1 aromatic rings. The molecule has 8 heteroatoms. The summed E-state index contributed by atoms with van der Waals surface area (Å²) in [6, 6.07) is 3.48. The minimum Gasteiger partial charge on any atom is -0.368 e. The van der Waals surface area contributed by atoms with Gasteiger partial charge in [0.2, 0.25) is 11.8 Å². The number of carbonyl (C=O) groups excluding carboxylic acids is 2. The van der Waals surface area contributed by atoms with Crippen LogP contribution in [-0.2, 0) is 15.0 Å². The van der Waals surface area contributed by atoms with E-state index in [-0.39, 0.29) is 31.8 Å². The van der Waals surface area contributed by atoms with Gasteiger partial charge in [-0.1, -0.05) is 11.6 Å². The number of likely N-dealkylation sites (N-methyl/N-ethyl adjacent to an activating group) is 1. The summed E-state index contributed by atoms with van der Waals surface area (Å²) in [5, 5.41) is 5.75. The predicted octanol–water partition coefficient (Wildman–Crippen LogP) is 1.82. The number of nitrogens with one attached hydrogen (secondary N) is 2. The fraction of sp³-hybridized carbons (Fsp3) is 0.579. The highest BCUT2D eigenvalue weighted by atomic mass is 35.5. The number of hydrogen-bond donors (Lipinski definition) is 3. The van der Waals surface area contributed by atoms with Gasteiger partial charge in [0.15, 0.2) is 0 Å². The lowest BCUT2D eigenvalue weighted by atomic mass is 9.79. The number of carbonyl (C=O) groups is 2. The van der Waals surface area contributed by atoms with Gasteiger partial charge in [-0.15, -0.1) is 0 Å². The number of nitrogens with zero attached hydrogens (tertiary/aromatic N) is 1. The first-order chi connectivity index (χ1) is 13.7. The van der Waals surface area contributed by atoms with Crippen LogP contribution in [-0.4, -0.2) is 54.5 Å². The van der Waals surface area contributed by atoms with Crippen molar-refractivity contribution in [2.45, 2.75) is 49.9 Å². The summed E-state index contributed by atoms with van der Waals surface area (Å²) in [7, 11) is 0. The van der Waals surface area contributed by atoms with Crippen molar-refractivity contribution in [2.24, 2.45) is 5.73 Å². The van der Waals surface area contributed by atoms with Crippen molar-refractivity contribution in [3.8, 4) is 0 Å². The Morgan fingerprint density at radius 1 is 1.63 bits per heavy atom. The first-order valence-electron chi connectivity index (χ1n) is 10.3. The van der Waals surface area contributed by atoms with Crippen LogP contribution in [0.4, 0.5) is 10.1 Å². The number of alkyl halides is 1. The molecule has 2 aliphatic rings. The Morgan fingerprint density at radius 2 is 2.37 bits per heavy atom. The molecule has 4 N–H and O–H groups in total. The molecule has 1 aromatic carbocycles. The lowest BCUT2D eigenvalue weighted by Gasteiger charge is -2.30. The van der Waals surface area contributed by atoms with Crippen LogP contribution in [0.1, 0.15) is 36.4 Å². The van der Waals surface area contributed by atoms with Gasteiger partial charge in [0.25, 0.3) is 0 Å². The fourth-order valence-corrected chi connectivity index (χ4v) is 4.40. The summed E-state index contributed by atoms with van der Waals surface area (Å²) in [5.41, 5.74) is 4.26. The molecular weight excluding hydrogens is 371 g/mol. The van der Waals surface area contributed by atoms with Gasteiger partial charge in [0.1, 0.15) is 5.67 Å². The molecule has 1 saturated heterocycles. The summed E-state index contributed by atoms with van der Waals surface area (Å²) in [6.07, 6.45) is 0.0516. The predicted molar refractivity (Wildman–Crippen MR) is 104 cm³/mol. The van der Waals surface area contributed by atoms with Crippen LogP contribution in [0.15, 0.2) is 18.2 Å². The molecule has 148 valence electrons. The molecular formula is C19H26ClFN4O2. The Kier molecular flexibility index (Phi) is 4.24. The maximum absolute atomic E-state index is 14.3. The van der Waals surface area contributed by atoms with Gasteiger partial charge in [-0.25, -0.2) is 4.39 Å². The molecule has 2 aliphatic heterocycles. The maximum Gasteiger partial charge on any atom is 0.236 e. The Bertz CT molecular complexity index is 845.